The van der Waals surface area contributed by atoms with Crippen molar-refractivity contribution >= 4 is 17.8 Å². The van der Waals surface area contributed by atoms with E-state index in [-0.39, 0.29) is 5.50 Å². The van der Waals surface area contributed by atoms with E-state index in [1.165, 1.54) is 0 Å². The Hall–Kier alpha value is -1.02. The second kappa shape index (κ2) is 3.79. The number of rotatable bonds is 1. The van der Waals surface area contributed by atoms with Crippen LogP contribution in [0.5, 0.6) is 0 Å². The van der Waals surface area contributed by atoms with Gasteiger partial charge in [-0.2, -0.15) is 0 Å². The molecular weight excluding hydrogens is 184 g/mol. The summed E-state index contributed by atoms with van der Waals surface area (Å²) in [6, 6.07) is 0. The van der Waals surface area contributed by atoms with Gasteiger partial charge < -0.3 is 5.32 Å². The van der Waals surface area contributed by atoms with Crippen LogP contribution in [0.4, 0.5) is 0 Å². The van der Waals surface area contributed by atoms with Gasteiger partial charge in [0.25, 0.3) is 0 Å². The molecule has 0 bridgehead atoms. The Balaban J connectivity index is 2.14. The van der Waals surface area contributed by atoms with Crippen LogP contribution in [0.1, 0.15) is 12.8 Å². The molecule has 13 heavy (non-hydrogen) atoms. The fraction of sp³-hybridized carbons (Fsp3) is 0.300. The van der Waals surface area contributed by atoms with E-state index in [1.54, 1.807) is 0 Å². The molecule has 0 radical (unpaired) electrons. The van der Waals surface area contributed by atoms with Gasteiger partial charge in [-0.25, -0.2) is 0 Å². The van der Waals surface area contributed by atoms with Crippen molar-refractivity contribution in [3.63, 3.8) is 0 Å². The fourth-order valence-electron chi connectivity index (χ4n) is 1.32. The molecule has 0 aromatic carbocycles. The highest BCUT2D eigenvalue weighted by Gasteiger charge is 2.08. The van der Waals surface area contributed by atoms with Crippen molar-refractivity contribution in [2.45, 2.75) is 18.3 Å². The molecule has 3 heteroatoms. The van der Waals surface area contributed by atoms with E-state index in [0.717, 1.165) is 24.1 Å². The number of hydrogen-bond donors (Lipinski definition) is 1. The number of allylic oxidation sites excluding steroid dienone is 2. The summed E-state index contributed by atoms with van der Waals surface area (Å²) in [5.74, 6) is 0. The minimum Gasteiger partial charge on any atom is -0.371 e. The first-order chi connectivity index (χ1) is 6.36. The maximum absolute atomic E-state index is 5.82. The van der Waals surface area contributed by atoms with Gasteiger partial charge in [-0.15, -0.1) is 0 Å². The first kappa shape index (κ1) is 8.57. The van der Waals surface area contributed by atoms with E-state index in [1.807, 2.05) is 24.6 Å². The largest absolute Gasteiger partial charge is 0.371 e. The number of hydrogen-bond acceptors (Lipinski definition) is 2. The van der Waals surface area contributed by atoms with Crippen LogP contribution in [0.2, 0.25) is 0 Å². The van der Waals surface area contributed by atoms with E-state index in [2.05, 4.69) is 16.4 Å². The highest BCUT2D eigenvalue weighted by Crippen LogP contribution is 2.19. The summed E-state index contributed by atoms with van der Waals surface area (Å²) in [5, 5.41) is 3.03. The number of halogens is 1. The van der Waals surface area contributed by atoms with Crippen LogP contribution in [-0.2, 0) is 0 Å². The Morgan fingerprint density at radius 2 is 2.38 bits per heavy atom. The Morgan fingerprint density at radius 3 is 3.00 bits per heavy atom. The van der Waals surface area contributed by atoms with Crippen molar-refractivity contribution in [1.82, 2.24) is 5.32 Å². The number of alkyl halides is 1. The minimum absolute atomic E-state index is 0.0862. The van der Waals surface area contributed by atoms with Crippen LogP contribution in [-0.4, -0.2) is 11.7 Å². The van der Waals surface area contributed by atoms with Crippen molar-refractivity contribution in [2.75, 3.05) is 0 Å². The Bertz CT molecular complexity index is 313. The fourth-order valence-corrected chi connectivity index (χ4v) is 1.46. The molecule has 0 aliphatic carbocycles. The third kappa shape index (κ3) is 2.01. The first-order valence-electron chi connectivity index (χ1n) is 4.38. The third-order valence-corrected chi connectivity index (χ3v) is 2.27. The predicted molar refractivity (Wildman–Crippen MR) is 55.8 cm³/mol. The minimum atomic E-state index is -0.0862. The van der Waals surface area contributed by atoms with Gasteiger partial charge in [0, 0.05) is 18.0 Å². The van der Waals surface area contributed by atoms with Gasteiger partial charge in [0.2, 0.25) is 0 Å². The lowest BCUT2D eigenvalue weighted by Crippen LogP contribution is -2.18. The lowest BCUT2D eigenvalue weighted by molar-refractivity contribution is 0.886. The highest BCUT2D eigenvalue weighted by atomic mass is 35.5. The Morgan fingerprint density at radius 1 is 1.46 bits per heavy atom. The lowest BCUT2D eigenvalue weighted by atomic mass is 10.1. The highest BCUT2D eigenvalue weighted by molar-refractivity contribution is 6.21. The van der Waals surface area contributed by atoms with Gasteiger partial charge >= 0.3 is 0 Å². The second-order valence-electron chi connectivity index (χ2n) is 3.01. The molecule has 2 nitrogen and oxygen atoms in total. The zero-order chi connectivity index (χ0) is 9.10. The van der Waals surface area contributed by atoms with Crippen LogP contribution < -0.4 is 5.32 Å². The van der Waals surface area contributed by atoms with Crippen molar-refractivity contribution in [2.24, 2.45) is 4.99 Å². The molecule has 1 N–H and O–H groups in total. The molecule has 2 aliphatic heterocycles. The van der Waals surface area contributed by atoms with E-state index < -0.39 is 0 Å². The number of dihydropyridines is 1. The molecule has 68 valence electrons. The van der Waals surface area contributed by atoms with Crippen LogP contribution in [0, 0.1) is 0 Å². The van der Waals surface area contributed by atoms with Gasteiger partial charge in [-0.3, -0.25) is 4.99 Å². The third-order valence-electron chi connectivity index (χ3n) is 2.00. The Labute approximate surface area is 82.7 Å². The van der Waals surface area contributed by atoms with Gasteiger partial charge in [0.05, 0.1) is 5.70 Å². The summed E-state index contributed by atoms with van der Waals surface area (Å²) in [6.07, 6.45) is 12.1. The molecule has 0 amide bonds. The standard InChI is InChI=1S/C10H11ClN2/c11-10-5-4-8(7-13-10)9-3-1-2-6-12-9/h3-7,10,13H,1-2H2. The number of nitrogens with one attached hydrogen (secondary N) is 1. The summed E-state index contributed by atoms with van der Waals surface area (Å²) in [5.41, 5.74) is 2.06. The Kier molecular flexibility index (Phi) is 2.50. The molecule has 0 fully saturated rings. The van der Waals surface area contributed by atoms with Crippen molar-refractivity contribution < 1.29 is 0 Å². The van der Waals surface area contributed by atoms with E-state index in [9.17, 15) is 0 Å². The van der Waals surface area contributed by atoms with Gasteiger partial charge in [0.1, 0.15) is 5.50 Å². The SMILES string of the molecule is ClC1C=CC(C2=CCCC=N2)=CN1. The van der Waals surface area contributed by atoms with Gasteiger partial charge in [-0.1, -0.05) is 23.8 Å². The average molecular weight is 195 g/mol. The van der Waals surface area contributed by atoms with Crippen LogP contribution in [0.25, 0.3) is 0 Å². The summed E-state index contributed by atoms with van der Waals surface area (Å²) >= 11 is 5.82. The molecule has 2 rings (SSSR count). The molecule has 0 aromatic heterocycles. The molecule has 1 atom stereocenters. The van der Waals surface area contributed by atoms with Crippen molar-refractivity contribution in [1.29, 1.82) is 0 Å². The molecule has 1 unspecified atom stereocenters. The van der Waals surface area contributed by atoms with Gasteiger partial charge in [-0.05, 0) is 18.9 Å². The van der Waals surface area contributed by atoms with Crippen molar-refractivity contribution in [3.05, 3.63) is 35.7 Å². The van der Waals surface area contributed by atoms with E-state index in [0.29, 0.717) is 0 Å². The summed E-state index contributed by atoms with van der Waals surface area (Å²) in [4.78, 5) is 4.31. The smallest absolute Gasteiger partial charge is 0.120 e. The van der Waals surface area contributed by atoms with Crippen molar-refractivity contribution in [3.8, 4) is 0 Å². The monoisotopic (exact) mass is 194 g/mol. The summed E-state index contributed by atoms with van der Waals surface area (Å²) < 4.78 is 0. The average Bonchev–Trinajstić information content (AvgIpc) is 2.20. The molecule has 0 saturated carbocycles. The summed E-state index contributed by atoms with van der Waals surface area (Å²) in [6.45, 7) is 0. The van der Waals surface area contributed by atoms with Gasteiger partial charge in [0.15, 0.2) is 0 Å². The lowest BCUT2D eigenvalue weighted by Gasteiger charge is -2.14. The zero-order valence-electron chi connectivity index (χ0n) is 7.20. The maximum Gasteiger partial charge on any atom is 0.120 e. The van der Waals surface area contributed by atoms with Crippen LogP contribution >= 0.6 is 11.6 Å². The molecule has 2 aliphatic rings. The molecule has 0 saturated heterocycles. The number of nitrogens with zero attached hydrogens (tertiary/aromatic N) is 1. The molecule has 0 spiro atoms. The van der Waals surface area contributed by atoms with E-state index >= 15 is 0 Å². The van der Waals surface area contributed by atoms with Crippen LogP contribution in [0.3, 0.4) is 0 Å². The predicted octanol–water partition coefficient (Wildman–Crippen LogP) is 2.34. The number of aliphatic imine (C=N–C) groups is 1. The zero-order valence-corrected chi connectivity index (χ0v) is 7.96. The molecule has 0 aromatic rings. The van der Waals surface area contributed by atoms with Crippen LogP contribution in [0.15, 0.2) is 40.7 Å². The maximum atomic E-state index is 5.82. The van der Waals surface area contributed by atoms with E-state index in [4.69, 9.17) is 11.6 Å². The summed E-state index contributed by atoms with van der Waals surface area (Å²) in [7, 11) is 0. The molecule has 2 heterocycles. The normalized spacial score (nSPS) is 26.4. The second-order valence-corrected chi connectivity index (χ2v) is 3.48. The quantitative estimate of drug-likeness (QED) is 0.503. The topological polar surface area (TPSA) is 24.4 Å². The molecular formula is C10H11ClN2. The first-order valence-corrected chi connectivity index (χ1v) is 4.81.